The number of nitrogens with zero attached hydrogens (tertiary/aromatic N) is 1. The van der Waals surface area contributed by atoms with Gasteiger partial charge in [-0.05, 0) is 46.1 Å². The van der Waals surface area contributed by atoms with Gasteiger partial charge in [0.25, 0.3) is 0 Å². The Kier molecular flexibility index (Phi) is 3.19. The molecule has 0 aromatic heterocycles. The van der Waals surface area contributed by atoms with E-state index >= 15 is 0 Å². The molecule has 1 aliphatic rings. The fourth-order valence-electron chi connectivity index (χ4n) is 1.10. The highest BCUT2D eigenvalue weighted by Gasteiger charge is 2.27. The monoisotopic (exact) mass is 199 g/mol. The van der Waals surface area contributed by atoms with E-state index in [0.717, 1.165) is 18.6 Å². The summed E-state index contributed by atoms with van der Waals surface area (Å²) in [6.07, 6.45) is 4.15. The molecule has 0 bridgehead atoms. The van der Waals surface area contributed by atoms with Crippen molar-refractivity contribution < 1.29 is 4.55 Å². The van der Waals surface area contributed by atoms with Gasteiger partial charge in [0.05, 0.1) is 5.71 Å². The van der Waals surface area contributed by atoms with E-state index in [4.69, 9.17) is 0 Å². The van der Waals surface area contributed by atoms with E-state index in [9.17, 15) is 4.55 Å². The predicted molar refractivity (Wildman–Crippen MR) is 58.3 cm³/mol. The minimum Gasteiger partial charge on any atom is -0.591 e. The zero-order valence-electron chi connectivity index (χ0n) is 8.76. The Morgan fingerprint density at radius 1 is 1.46 bits per heavy atom. The minimum atomic E-state index is -1.10. The smallest absolute Gasteiger partial charge is 0.144 e. The summed E-state index contributed by atoms with van der Waals surface area (Å²) in [4.78, 5) is 0. The quantitative estimate of drug-likeness (QED) is 0.598. The fourth-order valence-corrected chi connectivity index (χ4v) is 1.80. The van der Waals surface area contributed by atoms with Gasteiger partial charge < -0.3 is 4.55 Å². The van der Waals surface area contributed by atoms with E-state index in [1.165, 1.54) is 5.57 Å². The topological polar surface area (TPSA) is 35.4 Å². The van der Waals surface area contributed by atoms with Gasteiger partial charge >= 0.3 is 0 Å². The molecule has 0 fully saturated rings. The Labute approximate surface area is 83.5 Å². The van der Waals surface area contributed by atoms with Gasteiger partial charge in [0, 0.05) is 0 Å². The molecular formula is C10H17NOS. The molecule has 0 N–H and O–H groups in total. The van der Waals surface area contributed by atoms with Gasteiger partial charge in [0.1, 0.15) is 16.1 Å². The molecule has 1 atom stereocenters. The van der Waals surface area contributed by atoms with Crippen molar-refractivity contribution in [2.24, 2.45) is 4.40 Å². The molecule has 0 aromatic carbocycles. The molecule has 0 saturated heterocycles. The SMILES string of the molecule is CC1=CCCC1=N[S@+]([O-])C(C)(C)C. The van der Waals surface area contributed by atoms with Crippen LogP contribution in [-0.2, 0) is 11.4 Å². The van der Waals surface area contributed by atoms with Gasteiger partial charge in [-0.25, -0.2) is 0 Å². The lowest BCUT2D eigenvalue weighted by Crippen LogP contribution is -2.26. The van der Waals surface area contributed by atoms with Crippen molar-refractivity contribution in [2.75, 3.05) is 0 Å². The van der Waals surface area contributed by atoms with Gasteiger partial charge in [-0.1, -0.05) is 10.5 Å². The highest BCUT2D eigenvalue weighted by Crippen LogP contribution is 2.22. The van der Waals surface area contributed by atoms with Crippen molar-refractivity contribution in [3.8, 4) is 0 Å². The van der Waals surface area contributed by atoms with Crippen LogP contribution in [0.15, 0.2) is 16.0 Å². The van der Waals surface area contributed by atoms with E-state index in [1.54, 1.807) is 0 Å². The summed E-state index contributed by atoms with van der Waals surface area (Å²) in [5, 5.41) is 0. The first-order valence-electron chi connectivity index (χ1n) is 4.58. The maximum atomic E-state index is 11.7. The third-order valence-electron chi connectivity index (χ3n) is 2.00. The first-order chi connectivity index (χ1) is 5.91. The summed E-state index contributed by atoms with van der Waals surface area (Å²) >= 11 is -1.10. The van der Waals surface area contributed by atoms with Crippen LogP contribution in [0.5, 0.6) is 0 Å². The second-order valence-corrected chi connectivity index (χ2v) is 6.23. The average molecular weight is 199 g/mol. The highest BCUT2D eigenvalue weighted by molar-refractivity contribution is 7.91. The predicted octanol–water partition coefficient (Wildman–Crippen LogP) is 2.63. The third-order valence-corrected chi connectivity index (χ3v) is 3.44. The van der Waals surface area contributed by atoms with E-state index in [1.807, 2.05) is 27.7 Å². The molecule has 13 heavy (non-hydrogen) atoms. The molecule has 0 unspecified atom stereocenters. The van der Waals surface area contributed by atoms with Crippen LogP contribution >= 0.6 is 0 Å². The average Bonchev–Trinajstić information content (AvgIpc) is 2.34. The van der Waals surface area contributed by atoms with Crippen LogP contribution in [0.1, 0.15) is 40.5 Å². The molecule has 0 spiro atoms. The molecule has 3 heteroatoms. The van der Waals surface area contributed by atoms with Crippen molar-refractivity contribution in [1.82, 2.24) is 0 Å². The second kappa shape index (κ2) is 3.84. The summed E-state index contributed by atoms with van der Waals surface area (Å²) in [5.41, 5.74) is 2.21. The van der Waals surface area contributed by atoms with E-state index in [2.05, 4.69) is 10.5 Å². The number of hydrogen-bond acceptors (Lipinski definition) is 2. The second-order valence-electron chi connectivity index (χ2n) is 4.33. The molecule has 1 aliphatic carbocycles. The molecule has 0 aromatic rings. The van der Waals surface area contributed by atoms with Crippen molar-refractivity contribution in [3.05, 3.63) is 11.6 Å². The Morgan fingerprint density at radius 3 is 2.46 bits per heavy atom. The molecule has 0 aliphatic heterocycles. The van der Waals surface area contributed by atoms with Crippen LogP contribution in [0.2, 0.25) is 0 Å². The van der Waals surface area contributed by atoms with E-state index in [0.29, 0.717) is 0 Å². The lowest BCUT2D eigenvalue weighted by molar-refractivity contribution is 0.561. The van der Waals surface area contributed by atoms with Crippen LogP contribution in [0, 0.1) is 0 Å². The maximum absolute atomic E-state index is 11.7. The van der Waals surface area contributed by atoms with E-state index < -0.39 is 11.4 Å². The molecule has 0 radical (unpaired) electrons. The number of rotatable bonds is 1. The number of allylic oxidation sites excluding steroid dienone is 2. The highest BCUT2D eigenvalue weighted by atomic mass is 32.2. The molecule has 0 heterocycles. The molecular weight excluding hydrogens is 182 g/mol. The summed E-state index contributed by atoms with van der Waals surface area (Å²) in [5.74, 6) is 0. The Hall–Kier alpha value is -0.280. The van der Waals surface area contributed by atoms with Gasteiger partial charge in [-0.3, -0.25) is 0 Å². The lowest BCUT2D eigenvalue weighted by Gasteiger charge is -2.18. The number of hydrogen-bond donors (Lipinski definition) is 0. The lowest BCUT2D eigenvalue weighted by atomic mass is 10.2. The standard InChI is InChI=1S/C10H17NOS/c1-8-6-5-7-9(8)11-13(12)10(2,3)4/h6H,5,7H2,1-4H3/t13-/m1/s1. The first-order valence-corrected chi connectivity index (χ1v) is 5.68. The molecule has 1 rings (SSSR count). The van der Waals surface area contributed by atoms with Crippen molar-refractivity contribution in [1.29, 1.82) is 0 Å². The normalized spacial score (nSPS) is 23.5. The van der Waals surface area contributed by atoms with Gasteiger partial charge in [-0.15, -0.1) is 0 Å². The fraction of sp³-hybridized carbons (Fsp3) is 0.700. The minimum absolute atomic E-state index is 0.240. The summed E-state index contributed by atoms with van der Waals surface area (Å²) in [7, 11) is 0. The zero-order chi connectivity index (χ0) is 10.1. The zero-order valence-corrected chi connectivity index (χ0v) is 9.57. The van der Waals surface area contributed by atoms with Crippen LogP contribution < -0.4 is 0 Å². The summed E-state index contributed by atoms with van der Waals surface area (Å²) in [6.45, 7) is 7.87. The van der Waals surface area contributed by atoms with Crippen molar-refractivity contribution >= 4 is 17.1 Å². The Balaban J connectivity index is 2.71. The summed E-state index contributed by atoms with van der Waals surface area (Å²) < 4.78 is 15.7. The van der Waals surface area contributed by atoms with Crippen LogP contribution in [0.3, 0.4) is 0 Å². The van der Waals surface area contributed by atoms with Crippen molar-refractivity contribution in [2.45, 2.75) is 45.3 Å². The van der Waals surface area contributed by atoms with Gasteiger partial charge in [0.15, 0.2) is 0 Å². The summed E-state index contributed by atoms with van der Waals surface area (Å²) in [6, 6.07) is 0. The van der Waals surface area contributed by atoms with Crippen LogP contribution in [0.4, 0.5) is 0 Å². The van der Waals surface area contributed by atoms with Crippen molar-refractivity contribution in [3.63, 3.8) is 0 Å². The van der Waals surface area contributed by atoms with Crippen LogP contribution in [0.25, 0.3) is 0 Å². The van der Waals surface area contributed by atoms with Gasteiger partial charge in [-0.2, -0.15) is 0 Å². The van der Waals surface area contributed by atoms with E-state index in [-0.39, 0.29) is 4.75 Å². The largest absolute Gasteiger partial charge is 0.591 e. The Bertz CT molecular complexity index is 250. The molecule has 0 saturated carbocycles. The molecule has 74 valence electrons. The molecule has 0 amide bonds. The van der Waals surface area contributed by atoms with Gasteiger partial charge in [0.2, 0.25) is 0 Å². The Morgan fingerprint density at radius 2 is 2.08 bits per heavy atom. The van der Waals surface area contributed by atoms with Crippen LogP contribution in [-0.4, -0.2) is 15.0 Å². The first kappa shape index (κ1) is 10.8. The molecule has 2 nitrogen and oxygen atoms in total. The third kappa shape index (κ3) is 2.85. The maximum Gasteiger partial charge on any atom is 0.144 e.